The van der Waals surface area contributed by atoms with Crippen LogP contribution in [0, 0.1) is 0 Å². The number of aliphatic imine (C=N–C) groups is 1. The van der Waals surface area contributed by atoms with E-state index < -0.39 is 0 Å². The maximum Gasteiger partial charge on any atom is 0.209 e. The molecule has 1 aliphatic carbocycles. The molecule has 0 saturated heterocycles. The minimum atomic E-state index is 0.732. The van der Waals surface area contributed by atoms with Crippen LogP contribution in [-0.2, 0) is 0 Å². The average molecular weight is 381 g/mol. The molecule has 1 heterocycles. The number of halogens is 1. The van der Waals surface area contributed by atoms with Crippen molar-refractivity contribution in [3.63, 3.8) is 0 Å². The summed E-state index contributed by atoms with van der Waals surface area (Å²) in [4.78, 5) is 9.13. The normalized spacial score (nSPS) is 15.6. The van der Waals surface area contributed by atoms with Crippen LogP contribution in [0.15, 0.2) is 58.9 Å². The van der Waals surface area contributed by atoms with E-state index in [4.69, 9.17) is 11.6 Å². The number of rotatable bonds is 4. The van der Waals surface area contributed by atoms with Crippen molar-refractivity contribution in [1.82, 2.24) is 4.98 Å². The lowest BCUT2D eigenvalue weighted by Crippen LogP contribution is -2.04. The summed E-state index contributed by atoms with van der Waals surface area (Å²) in [5.74, 6) is 0.743. The van der Waals surface area contributed by atoms with Crippen molar-refractivity contribution in [2.24, 2.45) is 4.99 Å². The molecule has 0 spiro atoms. The smallest absolute Gasteiger partial charge is 0.209 e. The van der Waals surface area contributed by atoms with Crippen LogP contribution in [0.4, 0.5) is 5.13 Å². The Kier molecular flexibility index (Phi) is 5.47. The van der Waals surface area contributed by atoms with E-state index in [1.165, 1.54) is 37.7 Å². The van der Waals surface area contributed by atoms with Gasteiger partial charge in [0.25, 0.3) is 0 Å². The molecule has 1 fully saturated rings. The summed E-state index contributed by atoms with van der Waals surface area (Å²) in [7, 11) is 0. The van der Waals surface area contributed by atoms with Crippen molar-refractivity contribution in [2.75, 3.05) is 0 Å². The predicted octanol–water partition coefficient (Wildman–Crippen LogP) is 7.26. The van der Waals surface area contributed by atoms with Crippen molar-refractivity contribution in [3.05, 3.63) is 70.1 Å². The molecule has 0 aliphatic heterocycles. The van der Waals surface area contributed by atoms with E-state index >= 15 is 0 Å². The topological polar surface area (TPSA) is 25.2 Å². The molecule has 0 unspecified atom stereocenters. The van der Waals surface area contributed by atoms with Crippen LogP contribution < -0.4 is 0 Å². The molecule has 2 nitrogen and oxygen atoms in total. The van der Waals surface area contributed by atoms with E-state index in [1.807, 2.05) is 30.5 Å². The quantitative estimate of drug-likeness (QED) is 0.437. The van der Waals surface area contributed by atoms with E-state index in [-0.39, 0.29) is 0 Å². The zero-order valence-corrected chi connectivity index (χ0v) is 16.1. The first-order valence-corrected chi connectivity index (χ1v) is 10.4. The molecule has 3 aromatic rings. The third-order valence-corrected chi connectivity index (χ3v) is 5.97. The molecule has 1 saturated carbocycles. The summed E-state index contributed by atoms with van der Waals surface area (Å²) in [6.45, 7) is 0. The zero-order chi connectivity index (χ0) is 17.8. The van der Waals surface area contributed by atoms with Crippen LogP contribution in [0.25, 0.3) is 11.3 Å². The number of aromatic nitrogens is 1. The van der Waals surface area contributed by atoms with Crippen molar-refractivity contribution in [1.29, 1.82) is 0 Å². The molecular formula is C22H21ClN2S. The summed E-state index contributed by atoms with van der Waals surface area (Å²) in [6, 6.07) is 16.6. The van der Waals surface area contributed by atoms with Gasteiger partial charge in [0.05, 0.1) is 5.69 Å². The SMILES string of the molecule is Clc1ccc(C=Nc2nc(-c3ccc(C4CCCCC4)cc3)cs2)cc1. The van der Waals surface area contributed by atoms with Crippen LogP contribution in [0.3, 0.4) is 0 Å². The van der Waals surface area contributed by atoms with Crippen LogP contribution in [0.1, 0.15) is 49.1 Å². The van der Waals surface area contributed by atoms with Crippen LogP contribution in [-0.4, -0.2) is 11.2 Å². The molecule has 4 heteroatoms. The molecular weight excluding hydrogens is 360 g/mol. The maximum atomic E-state index is 5.91. The van der Waals surface area contributed by atoms with E-state index in [0.717, 1.165) is 32.9 Å². The Labute approximate surface area is 163 Å². The predicted molar refractivity (Wildman–Crippen MR) is 112 cm³/mol. The largest absolute Gasteiger partial charge is 0.227 e. The van der Waals surface area contributed by atoms with Crippen molar-refractivity contribution >= 4 is 34.3 Å². The standard InChI is InChI=1S/C22H21ClN2S/c23-20-12-6-16(7-13-20)14-24-22-25-21(15-26-22)19-10-8-18(9-11-19)17-4-2-1-3-5-17/h6-15,17H,1-5H2. The molecule has 1 aromatic heterocycles. The van der Waals surface area contributed by atoms with Gasteiger partial charge in [0.15, 0.2) is 0 Å². The number of hydrogen-bond donors (Lipinski definition) is 0. The molecule has 132 valence electrons. The Morgan fingerprint density at radius 3 is 2.42 bits per heavy atom. The Morgan fingerprint density at radius 2 is 1.69 bits per heavy atom. The fraction of sp³-hybridized carbons (Fsp3) is 0.273. The highest BCUT2D eigenvalue weighted by molar-refractivity contribution is 7.13. The van der Waals surface area contributed by atoms with Gasteiger partial charge in [-0.25, -0.2) is 9.98 Å². The van der Waals surface area contributed by atoms with Gasteiger partial charge in [0.2, 0.25) is 5.13 Å². The van der Waals surface area contributed by atoms with Crippen molar-refractivity contribution in [2.45, 2.75) is 38.0 Å². The molecule has 0 bridgehead atoms. The van der Waals surface area contributed by atoms with Gasteiger partial charge in [0, 0.05) is 22.2 Å². The molecule has 0 atom stereocenters. The van der Waals surface area contributed by atoms with Gasteiger partial charge in [-0.2, -0.15) is 0 Å². The highest BCUT2D eigenvalue weighted by Gasteiger charge is 2.15. The first-order chi connectivity index (χ1) is 12.8. The molecule has 0 amide bonds. The number of nitrogens with zero attached hydrogens (tertiary/aromatic N) is 2. The number of benzene rings is 2. The van der Waals surface area contributed by atoms with Crippen LogP contribution in [0.5, 0.6) is 0 Å². The molecule has 4 rings (SSSR count). The second-order valence-corrected chi connectivity index (χ2v) is 8.06. The third-order valence-electron chi connectivity index (χ3n) is 4.97. The monoisotopic (exact) mass is 380 g/mol. The average Bonchev–Trinajstić information content (AvgIpc) is 3.17. The molecule has 0 N–H and O–H groups in total. The number of hydrogen-bond acceptors (Lipinski definition) is 3. The van der Waals surface area contributed by atoms with Crippen molar-refractivity contribution < 1.29 is 0 Å². The zero-order valence-electron chi connectivity index (χ0n) is 14.6. The first kappa shape index (κ1) is 17.4. The third kappa shape index (κ3) is 4.22. The second-order valence-electron chi connectivity index (χ2n) is 6.78. The lowest BCUT2D eigenvalue weighted by Gasteiger charge is -2.22. The fourth-order valence-corrected chi connectivity index (χ4v) is 4.29. The minimum Gasteiger partial charge on any atom is -0.227 e. The highest BCUT2D eigenvalue weighted by atomic mass is 35.5. The summed E-state index contributed by atoms with van der Waals surface area (Å²) >= 11 is 7.47. The Balaban J connectivity index is 1.46. The van der Waals surface area contributed by atoms with Crippen LogP contribution >= 0.6 is 22.9 Å². The van der Waals surface area contributed by atoms with E-state index in [2.05, 4.69) is 39.6 Å². The highest BCUT2D eigenvalue weighted by Crippen LogP contribution is 2.34. The lowest BCUT2D eigenvalue weighted by molar-refractivity contribution is 0.443. The second kappa shape index (κ2) is 8.15. The van der Waals surface area contributed by atoms with Gasteiger partial charge in [0.1, 0.15) is 0 Å². The summed E-state index contributed by atoms with van der Waals surface area (Å²) < 4.78 is 0. The maximum absolute atomic E-state index is 5.91. The Bertz CT molecular complexity index is 875. The van der Waals surface area contributed by atoms with Gasteiger partial charge < -0.3 is 0 Å². The van der Waals surface area contributed by atoms with E-state index in [9.17, 15) is 0 Å². The summed E-state index contributed by atoms with van der Waals surface area (Å²) in [5.41, 5.74) is 4.65. The van der Waals surface area contributed by atoms with Gasteiger partial charge in [-0.1, -0.05) is 67.3 Å². The molecule has 26 heavy (non-hydrogen) atoms. The van der Waals surface area contributed by atoms with Crippen molar-refractivity contribution in [3.8, 4) is 11.3 Å². The van der Waals surface area contributed by atoms with E-state index in [1.54, 1.807) is 11.3 Å². The van der Waals surface area contributed by atoms with E-state index in [0.29, 0.717) is 0 Å². The fourth-order valence-electron chi connectivity index (χ4n) is 3.50. The molecule has 1 aliphatic rings. The molecule has 2 aromatic carbocycles. The van der Waals surface area contributed by atoms with Gasteiger partial charge in [-0.3, -0.25) is 0 Å². The first-order valence-electron chi connectivity index (χ1n) is 9.13. The van der Waals surface area contributed by atoms with Gasteiger partial charge >= 0.3 is 0 Å². The van der Waals surface area contributed by atoms with Gasteiger partial charge in [-0.15, -0.1) is 11.3 Å². The Hall–Kier alpha value is -1.97. The molecule has 0 radical (unpaired) electrons. The Morgan fingerprint density at radius 1 is 0.962 bits per heavy atom. The van der Waals surface area contributed by atoms with Gasteiger partial charge in [-0.05, 0) is 42.0 Å². The summed E-state index contributed by atoms with van der Waals surface area (Å²) in [6.07, 6.45) is 8.62. The lowest BCUT2D eigenvalue weighted by atomic mass is 9.84. The minimum absolute atomic E-state index is 0.732. The summed E-state index contributed by atoms with van der Waals surface area (Å²) in [5, 5.41) is 3.58. The van der Waals surface area contributed by atoms with Crippen LogP contribution in [0.2, 0.25) is 5.02 Å². The number of thiazole rings is 1.